The Morgan fingerprint density at radius 1 is 0.950 bits per heavy atom. The van der Waals surface area contributed by atoms with E-state index in [1.165, 1.54) is 12.8 Å². The van der Waals surface area contributed by atoms with E-state index in [2.05, 4.69) is 39.9 Å². The highest BCUT2D eigenvalue weighted by Crippen LogP contribution is 2.30. The smallest absolute Gasteiger partial charge is 0.0609 e. The Morgan fingerprint density at radius 2 is 1.45 bits per heavy atom. The normalized spacial score (nSPS) is 21.1. The minimum Gasteiger partial charge on any atom is -0.382 e. The largest absolute Gasteiger partial charge is 0.382 e. The minimum atomic E-state index is 0.207. The Morgan fingerprint density at radius 3 is 1.80 bits per heavy atom. The average Bonchev–Trinajstić information content (AvgIpc) is 2.27. The Kier molecular flexibility index (Phi) is 9.69. The maximum Gasteiger partial charge on any atom is 0.0609 e. The van der Waals surface area contributed by atoms with E-state index in [1.807, 2.05) is 13.8 Å². The Balaban J connectivity index is 0.000000621. The second-order valence-corrected chi connectivity index (χ2v) is 6.93. The fraction of sp³-hybridized carbons (Fsp3) is 1.00. The predicted molar refractivity (Wildman–Crippen MR) is 87.3 cm³/mol. The van der Waals surface area contributed by atoms with E-state index in [-0.39, 0.29) is 11.1 Å². The first-order chi connectivity index (χ1) is 9.26. The molecule has 0 unspecified atom stereocenters. The van der Waals surface area contributed by atoms with Crippen LogP contribution in [0.4, 0.5) is 0 Å². The summed E-state index contributed by atoms with van der Waals surface area (Å²) in [6.07, 6.45) is 5.09. The van der Waals surface area contributed by atoms with E-state index < -0.39 is 0 Å². The summed E-state index contributed by atoms with van der Waals surface area (Å²) in [7, 11) is 0. The molecule has 1 N–H and O–H groups in total. The number of ether oxygens (including phenoxy) is 2. The molecule has 0 amide bonds. The Labute approximate surface area is 126 Å². The van der Waals surface area contributed by atoms with Crippen LogP contribution in [0, 0.1) is 0 Å². The predicted octanol–water partition coefficient (Wildman–Crippen LogP) is 4.16. The van der Waals surface area contributed by atoms with Crippen LogP contribution in [0.15, 0.2) is 0 Å². The zero-order valence-corrected chi connectivity index (χ0v) is 14.8. The first-order valence-corrected chi connectivity index (χ1v) is 8.25. The van der Waals surface area contributed by atoms with E-state index >= 15 is 0 Å². The van der Waals surface area contributed by atoms with Gasteiger partial charge in [0.25, 0.3) is 0 Å². The lowest BCUT2D eigenvalue weighted by molar-refractivity contribution is -0.0224. The van der Waals surface area contributed by atoms with Crippen molar-refractivity contribution in [3.63, 3.8) is 0 Å². The van der Waals surface area contributed by atoms with Gasteiger partial charge in [0.1, 0.15) is 0 Å². The third kappa shape index (κ3) is 9.73. The zero-order valence-electron chi connectivity index (χ0n) is 14.8. The number of rotatable bonds is 6. The Hall–Kier alpha value is -0.120. The highest BCUT2D eigenvalue weighted by molar-refractivity contribution is 4.97. The van der Waals surface area contributed by atoms with Crippen LogP contribution in [0.1, 0.15) is 74.1 Å². The fourth-order valence-electron chi connectivity index (χ4n) is 2.94. The van der Waals surface area contributed by atoms with Gasteiger partial charge in [-0.25, -0.2) is 0 Å². The van der Waals surface area contributed by atoms with Crippen LogP contribution in [-0.4, -0.2) is 37.0 Å². The quantitative estimate of drug-likeness (QED) is 0.744. The molecule has 1 aliphatic heterocycles. The number of piperidine rings is 1. The molecule has 20 heavy (non-hydrogen) atoms. The number of hydrogen-bond donors (Lipinski definition) is 1. The monoisotopic (exact) mass is 287 g/mol. The Bertz CT molecular complexity index is 221. The topological polar surface area (TPSA) is 30.5 Å². The van der Waals surface area contributed by atoms with Crippen molar-refractivity contribution in [2.45, 2.75) is 91.3 Å². The van der Waals surface area contributed by atoms with Crippen LogP contribution >= 0.6 is 0 Å². The molecule has 122 valence electrons. The van der Waals surface area contributed by atoms with E-state index in [0.717, 1.165) is 32.7 Å². The van der Waals surface area contributed by atoms with Gasteiger partial charge in [-0.05, 0) is 60.8 Å². The van der Waals surface area contributed by atoms with E-state index in [1.54, 1.807) is 0 Å². The molecule has 0 aromatic rings. The highest BCUT2D eigenvalue weighted by Gasteiger charge is 2.37. The maximum absolute atomic E-state index is 5.95. The SMILES string of the molecule is CCCCOC1CC(C)(C)NC(C)(C)C1.CCOCC. The summed E-state index contributed by atoms with van der Waals surface area (Å²) in [4.78, 5) is 0. The van der Waals surface area contributed by atoms with Crippen LogP contribution in [0.25, 0.3) is 0 Å². The van der Waals surface area contributed by atoms with E-state index in [0.29, 0.717) is 6.10 Å². The molecule has 0 atom stereocenters. The van der Waals surface area contributed by atoms with Crippen molar-refractivity contribution in [3.8, 4) is 0 Å². The summed E-state index contributed by atoms with van der Waals surface area (Å²) in [6, 6.07) is 0. The molecule has 0 aromatic heterocycles. The van der Waals surface area contributed by atoms with Gasteiger partial charge in [0.05, 0.1) is 6.10 Å². The first kappa shape index (κ1) is 19.9. The van der Waals surface area contributed by atoms with Gasteiger partial charge in [0, 0.05) is 30.9 Å². The fourth-order valence-corrected chi connectivity index (χ4v) is 2.94. The molecule has 0 aliphatic carbocycles. The van der Waals surface area contributed by atoms with Crippen LogP contribution in [0.5, 0.6) is 0 Å². The lowest BCUT2D eigenvalue weighted by Crippen LogP contribution is -2.59. The molecule has 0 aromatic carbocycles. The minimum absolute atomic E-state index is 0.207. The molecule has 0 radical (unpaired) electrons. The summed E-state index contributed by atoms with van der Waals surface area (Å²) in [5, 5.41) is 3.67. The van der Waals surface area contributed by atoms with Crippen molar-refractivity contribution < 1.29 is 9.47 Å². The highest BCUT2D eigenvalue weighted by atomic mass is 16.5. The lowest BCUT2D eigenvalue weighted by atomic mass is 9.81. The number of unbranched alkanes of at least 4 members (excludes halogenated alkanes) is 1. The zero-order chi connectivity index (χ0) is 15.6. The molecule has 1 heterocycles. The lowest BCUT2D eigenvalue weighted by Gasteiger charge is -2.46. The number of nitrogens with one attached hydrogen (secondary N) is 1. The van der Waals surface area contributed by atoms with Gasteiger partial charge in [0.15, 0.2) is 0 Å². The standard InChI is InChI=1S/C13H27NO.C4H10O/c1-6-7-8-15-11-9-12(2,3)14-13(4,5)10-11;1-3-5-4-2/h11,14H,6-10H2,1-5H3;3-4H2,1-2H3. The molecule has 3 nitrogen and oxygen atoms in total. The molecular weight excluding hydrogens is 250 g/mol. The summed E-state index contributed by atoms with van der Waals surface area (Å²) in [6.45, 7) is 17.9. The van der Waals surface area contributed by atoms with Gasteiger partial charge in [-0.15, -0.1) is 0 Å². The van der Waals surface area contributed by atoms with Gasteiger partial charge >= 0.3 is 0 Å². The third-order valence-electron chi connectivity index (χ3n) is 3.41. The summed E-state index contributed by atoms with van der Waals surface area (Å²) < 4.78 is 10.8. The van der Waals surface area contributed by atoms with Crippen LogP contribution in [0.3, 0.4) is 0 Å². The molecule has 3 heteroatoms. The summed E-state index contributed by atoms with van der Waals surface area (Å²) in [5.74, 6) is 0. The van der Waals surface area contributed by atoms with Crippen LogP contribution in [0.2, 0.25) is 0 Å². The molecule has 0 bridgehead atoms. The van der Waals surface area contributed by atoms with Crippen LogP contribution in [-0.2, 0) is 9.47 Å². The summed E-state index contributed by atoms with van der Waals surface area (Å²) >= 11 is 0. The molecule has 1 fully saturated rings. The van der Waals surface area contributed by atoms with Gasteiger partial charge in [-0.3, -0.25) is 0 Å². The molecule has 1 aliphatic rings. The van der Waals surface area contributed by atoms with Crippen molar-refractivity contribution in [2.24, 2.45) is 0 Å². The van der Waals surface area contributed by atoms with E-state index in [9.17, 15) is 0 Å². The van der Waals surface area contributed by atoms with Crippen molar-refractivity contribution >= 4 is 0 Å². The van der Waals surface area contributed by atoms with Crippen molar-refractivity contribution in [1.29, 1.82) is 0 Å². The van der Waals surface area contributed by atoms with Crippen molar-refractivity contribution in [2.75, 3.05) is 19.8 Å². The second-order valence-electron chi connectivity index (χ2n) is 6.93. The average molecular weight is 287 g/mol. The number of hydrogen-bond acceptors (Lipinski definition) is 3. The molecule has 0 spiro atoms. The maximum atomic E-state index is 5.95. The van der Waals surface area contributed by atoms with Gasteiger partial charge in [-0.2, -0.15) is 0 Å². The first-order valence-electron chi connectivity index (χ1n) is 8.25. The van der Waals surface area contributed by atoms with Crippen LogP contribution < -0.4 is 5.32 Å². The third-order valence-corrected chi connectivity index (χ3v) is 3.41. The van der Waals surface area contributed by atoms with Crippen molar-refractivity contribution in [1.82, 2.24) is 5.32 Å². The summed E-state index contributed by atoms with van der Waals surface area (Å²) in [5.41, 5.74) is 0.414. The molecule has 1 saturated heterocycles. The molecule has 1 rings (SSSR count). The molecular formula is C17H37NO2. The second kappa shape index (κ2) is 9.75. The van der Waals surface area contributed by atoms with E-state index in [4.69, 9.17) is 9.47 Å². The van der Waals surface area contributed by atoms with Gasteiger partial charge in [-0.1, -0.05) is 13.3 Å². The van der Waals surface area contributed by atoms with Crippen molar-refractivity contribution in [3.05, 3.63) is 0 Å². The van der Waals surface area contributed by atoms with Gasteiger partial charge < -0.3 is 14.8 Å². The molecule has 0 saturated carbocycles. The van der Waals surface area contributed by atoms with Gasteiger partial charge in [0.2, 0.25) is 0 Å².